The van der Waals surface area contributed by atoms with Gasteiger partial charge in [0, 0.05) is 25.5 Å². The molecule has 0 heterocycles. The van der Waals surface area contributed by atoms with E-state index in [0.29, 0.717) is 12.5 Å². The highest BCUT2D eigenvalue weighted by atomic mass is 15.1. The molecule has 2 rings (SSSR count). The molecule has 0 unspecified atom stereocenters. The van der Waals surface area contributed by atoms with E-state index in [9.17, 15) is 0 Å². The van der Waals surface area contributed by atoms with Crippen LogP contribution in [0.1, 0.15) is 18.1 Å². The third-order valence-corrected chi connectivity index (χ3v) is 3.49. The molecule has 0 aliphatic rings. The summed E-state index contributed by atoms with van der Waals surface area (Å²) in [5.41, 5.74) is 10.5. The standard InChI is InChI=1S/C18H24N4/c1-4-14-6-5-7-16(12-14)21-18(19)20-13-15-8-10-17(11-9-15)22(2)3/h5-12H,4,13H2,1-3H3,(H3,19,20,21). The van der Waals surface area contributed by atoms with Crippen molar-refractivity contribution < 1.29 is 0 Å². The van der Waals surface area contributed by atoms with Gasteiger partial charge in [-0.15, -0.1) is 0 Å². The maximum absolute atomic E-state index is 5.95. The zero-order valence-corrected chi connectivity index (χ0v) is 13.5. The van der Waals surface area contributed by atoms with Crippen molar-refractivity contribution in [3.63, 3.8) is 0 Å². The van der Waals surface area contributed by atoms with E-state index < -0.39 is 0 Å². The Labute approximate surface area is 132 Å². The van der Waals surface area contributed by atoms with Crippen molar-refractivity contribution in [1.82, 2.24) is 0 Å². The van der Waals surface area contributed by atoms with E-state index >= 15 is 0 Å². The van der Waals surface area contributed by atoms with Crippen molar-refractivity contribution >= 4 is 17.3 Å². The monoisotopic (exact) mass is 296 g/mol. The van der Waals surface area contributed by atoms with Crippen molar-refractivity contribution in [1.29, 1.82) is 0 Å². The summed E-state index contributed by atoms with van der Waals surface area (Å²) in [6.45, 7) is 2.70. The van der Waals surface area contributed by atoms with Gasteiger partial charge in [-0.25, -0.2) is 4.99 Å². The fraction of sp³-hybridized carbons (Fsp3) is 0.278. The molecule has 0 aliphatic heterocycles. The van der Waals surface area contributed by atoms with E-state index in [-0.39, 0.29) is 0 Å². The molecule has 116 valence electrons. The number of nitrogens with zero attached hydrogens (tertiary/aromatic N) is 2. The highest BCUT2D eigenvalue weighted by molar-refractivity contribution is 5.92. The fourth-order valence-electron chi connectivity index (χ4n) is 2.13. The number of hydrogen-bond acceptors (Lipinski definition) is 2. The van der Waals surface area contributed by atoms with Crippen molar-refractivity contribution in [2.75, 3.05) is 24.3 Å². The number of aliphatic imine (C=N–C) groups is 1. The van der Waals surface area contributed by atoms with Crippen molar-refractivity contribution in [3.05, 3.63) is 59.7 Å². The van der Waals surface area contributed by atoms with E-state index in [1.807, 2.05) is 26.2 Å². The van der Waals surface area contributed by atoms with E-state index in [1.54, 1.807) is 0 Å². The molecular formula is C18H24N4. The molecule has 4 nitrogen and oxygen atoms in total. The average molecular weight is 296 g/mol. The summed E-state index contributed by atoms with van der Waals surface area (Å²) in [6.07, 6.45) is 1.00. The molecule has 0 radical (unpaired) electrons. The second kappa shape index (κ2) is 7.50. The quantitative estimate of drug-likeness (QED) is 0.658. The largest absolute Gasteiger partial charge is 0.378 e. The van der Waals surface area contributed by atoms with Crippen molar-refractivity contribution in [3.8, 4) is 0 Å². The highest BCUT2D eigenvalue weighted by Gasteiger charge is 1.98. The van der Waals surface area contributed by atoms with Gasteiger partial charge in [0.2, 0.25) is 0 Å². The lowest BCUT2D eigenvalue weighted by molar-refractivity contribution is 1.05. The minimum absolute atomic E-state index is 0.435. The Balaban J connectivity index is 1.97. The Hall–Kier alpha value is -2.49. The predicted molar refractivity (Wildman–Crippen MR) is 95.5 cm³/mol. The summed E-state index contributed by atoms with van der Waals surface area (Å²) in [6, 6.07) is 16.5. The second-order valence-electron chi connectivity index (χ2n) is 5.44. The smallest absolute Gasteiger partial charge is 0.193 e. The van der Waals surface area contributed by atoms with Gasteiger partial charge in [0.1, 0.15) is 0 Å². The lowest BCUT2D eigenvalue weighted by atomic mass is 10.1. The number of hydrogen-bond donors (Lipinski definition) is 2. The average Bonchev–Trinajstić information content (AvgIpc) is 2.53. The van der Waals surface area contributed by atoms with Crippen LogP contribution in [-0.4, -0.2) is 20.1 Å². The zero-order valence-electron chi connectivity index (χ0n) is 13.5. The van der Waals surface area contributed by atoms with Gasteiger partial charge in [-0.05, 0) is 41.8 Å². The van der Waals surface area contributed by atoms with E-state index in [0.717, 1.165) is 17.7 Å². The third-order valence-electron chi connectivity index (χ3n) is 3.49. The van der Waals surface area contributed by atoms with Gasteiger partial charge < -0.3 is 16.0 Å². The molecule has 4 heteroatoms. The number of aryl methyl sites for hydroxylation is 1. The van der Waals surface area contributed by atoms with Crippen LogP contribution in [0.4, 0.5) is 11.4 Å². The van der Waals surface area contributed by atoms with Crippen LogP contribution in [0.15, 0.2) is 53.5 Å². The summed E-state index contributed by atoms with van der Waals surface area (Å²) >= 11 is 0. The van der Waals surface area contributed by atoms with Crippen LogP contribution in [-0.2, 0) is 13.0 Å². The molecule has 0 saturated heterocycles. The third kappa shape index (κ3) is 4.52. The van der Waals surface area contributed by atoms with E-state index in [4.69, 9.17) is 5.73 Å². The SMILES string of the molecule is CCc1cccc(NC(N)=NCc2ccc(N(C)C)cc2)c1. The minimum atomic E-state index is 0.435. The first kappa shape index (κ1) is 15.9. The van der Waals surface area contributed by atoms with Crippen LogP contribution in [0.2, 0.25) is 0 Å². The zero-order chi connectivity index (χ0) is 15.9. The molecule has 0 amide bonds. The van der Waals surface area contributed by atoms with Gasteiger partial charge in [-0.3, -0.25) is 0 Å². The molecule has 2 aromatic rings. The maximum Gasteiger partial charge on any atom is 0.193 e. The number of anilines is 2. The first-order chi connectivity index (χ1) is 10.6. The molecule has 2 aromatic carbocycles. The number of guanidine groups is 1. The number of benzene rings is 2. The van der Waals surface area contributed by atoms with Gasteiger partial charge >= 0.3 is 0 Å². The van der Waals surface area contributed by atoms with Gasteiger partial charge in [0.25, 0.3) is 0 Å². The molecule has 0 fully saturated rings. The first-order valence-electron chi connectivity index (χ1n) is 7.50. The molecule has 0 aromatic heterocycles. The molecule has 0 atom stereocenters. The van der Waals surface area contributed by atoms with Gasteiger partial charge in [0.15, 0.2) is 5.96 Å². The van der Waals surface area contributed by atoms with Gasteiger partial charge in [0.05, 0.1) is 6.54 Å². The molecule has 0 saturated carbocycles. The molecule has 0 aliphatic carbocycles. The Bertz CT molecular complexity index is 630. The van der Waals surface area contributed by atoms with E-state index in [2.05, 4.69) is 58.5 Å². The molecule has 0 spiro atoms. The Morgan fingerprint density at radius 1 is 1.09 bits per heavy atom. The number of nitrogens with one attached hydrogen (secondary N) is 1. The summed E-state index contributed by atoms with van der Waals surface area (Å²) < 4.78 is 0. The van der Waals surface area contributed by atoms with Crippen LogP contribution in [0.3, 0.4) is 0 Å². The maximum atomic E-state index is 5.95. The van der Waals surface area contributed by atoms with Crippen LogP contribution < -0.4 is 16.0 Å². The topological polar surface area (TPSA) is 53.6 Å². The lowest BCUT2D eigenvalue weighted by Crippen LogP contribution is -2.22. The Kier molecular flexibility index (Phi) is 5.42. The van der Waals surface area contributed by atoms with Crippen LogP contribution in [0, 0.1) is 0 Å². The lowest BCUT2D eigenvalue weighted by Gasteiger charge is -2.12. The second-order valence-corrected chi connectivity index (χ2v) is 5.44. The molecule has 22 heavy (non-hydrogen) atoms. The number of nitrogens with two attached hydrogens (primary N) is 1. The van der Waals surface area contributed by atoms with Gasteiger partial charge in [-0.1, -0.05) is 31.2 Å². The first-order valence-corrected chi connectivity index (χ1v) is 7.50. The van der Waals surface area contributed by atoms with Crippen molar-refractivity contribution in [2.45, 2.75) is 19.9 Å². The summed E-state index contributed by atoms with van der Waals surface area (Å²) in [5.74, 6) is 0.435. The van der Waals surface area contributed by atoms with Crippen LogP contribution >= 0.6 is 0 Å². The fourth-order valence-corrected chi connectivity index (χ4v) is 2.13. The predicted octanol–water partition coefficient (Wildman–Crippen LogP) is 3.24. The summed E-state index contributed by atoms with van der Waals surface area (Å²) in [7, 11) is 4.05. The van der Waals surface area contributed by atoms with Crippen LogP contribution in [0.5, 0.6) is 0 Å². The highest BCUT2D eigenvalue weighted by Crippen LogP contribution is 2.13. The Morgan fingerprint density at radius 3 is 2.45 bits per heavy atom. The minimum Gasteiger partial charge on any atom is -0.378 e. The van der Waals surface area contributed by atoms with Gasteiger partial charge in [-0.2, -0.15) is 0 Å². The Morgan fingerprint density at radius 2 is 1.82 bits per heavy atom. The normalized spacial score (nSPS) is 11.3. The van der Waals surface area contributed by atoms with Crippen molar-refractivity contribution in [2.24, 2.45) is 10.7 Å². The summed E-state index contributed by atoms with van der Waals surface area (Å²) in [4.78, 5) is 6.46. The number of rotatable bonds is 5. The summed E-state index contributed by atoms with van der Waals surface area (Å²) in [5, 5.41) is 3.14. The van der Waals surface area contributed by atoms with Crippen LogP contribution in [0.25, 0.3) is 0 Å². The molecule has 0 bridgehead atoms. The van der Waals surface area contributed by atoms with E-state index in [1.165, 1.54) is 11.3 Å². The molecule has 3 N–H and O–H groups in total. The molecular weight excluding hydrogens is 272 g/mol.